The van der Waals surface area contributed by atoms with Gasteiger partial charge in [0.15, 0.2) is 0 Å². The van der Waals surface area contributed by atoms with Gasteiger partial charge in [0.2, 0.25) is 0 Å². The van der Waals surface area contributed by atoms with Crippen LogP contribution in [-0.2, 0) is 0 Å². The number of methoxy groups -OCH3 is 1. The highest BCUT2D eigenvalue weighted by Crippen LogP contribution is 2.39. The number of ether oxygens (including phenoxy) is 1. The molecule has 0 radical (unpaired) electrons. The number of rotatable bonds is 9. The largest absolute Gasteiger partial charge is 0.497 e. The van der Waals surface area contributed by atoms with Gasteiger partial charge in [0, 0.05) is 21.9 Å². The maximum Gasteiger partial charge on any atom is 0.119 e. The average Bonchev–Trinajstić information content (AvgIpc) is 2.74. The molecule has 0 aliphatic carbocycles. The normalized spacial score (nSPS) is 12.8. The van der Waals surface area contributed by atoms with Crippen LogP contribution < -0.4 is 10.1 Å². The Kier molecular flexibility index (Phi) is 7.00. The van der Waals surface area contributed by atoms with E-state index in [1.165, 1.54) is 10.5 Å². The zero-order valence-electron chi connectivity index (χ0n) is 15.5. The minimum Gasteiger partial charge on any atom is -0.497 e. The molecule has 0 heterocycles. The number of thioether (sulfide) groups is 1. The number of benzene rings is 3. The standard InChI is InChI=1S/C24H25NOS/c1-3-20(25-21-14-16-22(26-2)17-15-21)18-24(19-10-6-4-7-11-19)27-23-12-8-5-9-13-23/h3-17,20,24-25H,1,18H2,2H3. The van der Waals surface area contributed by atoms with Gasteiger partial charge in [-0.05, 0) is 48.4 Å². The molecule has 0 spiro atoms. The van der Waals surface area contributed by atoms with E-state index in [4.69, 9.17) is 4.74 Å². The molecule has 0 aliphatic rings. The summed E-state index contributed by atoms with van der Waals surface area (Å²) in [5.74, 6) is 0.859. The summed E-state index contributed by atoms with van der Waals surface area (Å²) >= 11 is 1.89. The van der Waals surface area contributed by atoms with Crippen molar-refractivity contribution in [3.63, 3.8) is 0 Å². The molecule has 0 saturated heterocycles. The number of hydrogen-bond acceptors (Lipinski definition) is 3. The van der Waals surface area contributed by atoms with Gasteiger partial charge < -0.3 is 10.1 Å². The summed E-state index contributed by atoms with van der Waals surface area (Å²) < 4.78 is 5.24. The van der Waals surface area contributed by atoms with E-state index < -0.39 is 0 Å². The van der Waals surface area contributed by atoms with Crippen molar-refractivity contribution in [3.8, 4) is 5.75 Å². The number of nitrogens with one attached hydrogen (secondary N) is 1. The first-order valence-electron chi connectivity index (χ1n) is 9.08. The molecule has 0 fully saturated rings. The summed E-state index contributed by atoms with van der Waals surface area (Å²) in [6, 6.07) is 29.4. The van der Waals surface area contributed by atoms with Crippen LogP contribution in [0.2, 0.25) is 0 Å². The number of anilines is 1. The van der Waals surface area contributed by atoms with Crippen molar-refractivity contribution in [1.29, 1.82) is 0 Å². The molecule has 3 heteroatoms. The Morgan fingerprint density at radius 2 is 1.56 bits per heavy atom. The quantitative estimate of drug-likeness (QED) is 0.337. The van der Waals surface area contributed by atoms with Crippen LogP contribution in [0.15, 0.2) is 102 Å². The van der Waals surface area contributed by atoms with Gasteiger partial charge in [0.1, 0.15) is 5.75 Å². The average molecular weight is 376 g/mol. The van der Waals surface area contributed by atoms with Crippen LogP contribution in [0, 0.1) is 0 Å². The van der Waals surface area contributed by atoms with Crippen LogP contribution in [0.1, 0.15) is 17.2 Å². The first-order valence-corrected chi connectivity index (χ1v) is 9.96. The first-order chi connectivity index (χ1) is 13.3. The SMILES string of the molecule is C=CC(CC(Sc1ccccc1)c1ccccc1)Nc1ccc(OC)cc1. The lowest BCUT2D eigenvalue weighted by atomic mass is 10.0. The van der Waals surface area contributed by atoms with Crippen molar-refractivity contribution >= 4 is 17.4 Å². The van der Waals surface area contributed by atoms with Crippen molar-refractivity contribution < 1.29 is 4.74 Å². The van der Waals surface area contributed by atoms with E-state index in [0.29, 0.717) is 5.25 Å². The molecule has 2 nitrogen and oxygen atoms in total. The summed E-state index contributed by atoms with van der Waals surface area (Å²) in [5, 5.41) is 3.91. The van der Waals surface area contributed by atoms with Crippen molar-refractivity contribution in [1.82, 2.24) is 0 Å². The summed E-state index contributed by atoms with van der Waals surface area (Å²) in [5.41, 5.74) is 2.40. The second-order valence-electron chi connectivity index (χ2n) is 6.28. The molecule has 138 valence electrons. The maximum atomic E-state index is 5.24. The third-order valence-electron chi connectivity index (χ3n) is 4.39. The molecule has 0 amide bonds. The van der Waals surface area contributed by atoms with Crippen LogP contribution in [0.3, 0.4) is 0 Å². The summed E-state index contributed by atoms with van der Waals surface area (Å²) in [7, 11) is 1.68. The van der Waals surface area contributed by atoms with Crippen LogP contribution in [0.25, 0.3) is 0 Å². The lowest BCUT2D eigenvalue weighted by Gasteiger charge is -2.23. The summed E-state index contributed by atoms with van der Waals surface area (Å²) in [6.45, 7) is 4.05. The van der Waals surface area contributed by atoms with Crippen molar-refractivity contribution in [2.24, 2.45) is 0 Å². The molecule has 2 atom stereocenters. The Balaban J connectivity index is 1.75. The monoisotopic (exact) mass is 375 g/mol. The molecule has 3 aromatic rings. The molecule has 0 saturated carbocycles. The molecule has 2 unspecified atom stereocenters. The van der Waals surface area contributed by atoms with E-state index in [2.05, 4.69) is 72.6 Å². The van der Waals surface area contributed by atoms with Gasteiger partial charge in [-0.3, -0.25) is 0 Å². The van der Waals surface area contributed by atoms with Crippen molar-refractivity contribution in [2.75, 3.05) is 12.4 Å². The van der Waals surface area contributed by atoms with Gasteiger partial charge in [0.25, 0.3) is 0 Å². The fourth-order valence-electron chi connectivity index (χ4n) is 2.93. The Morgan fingerprint density at radius 3 is 2.15 bits per heavy atom. The van der Waals surface area contributed by atoms with E-state index >= 15 is 0 Å². The fourth-order valence-corrected chi connectivity index (χ4v) is 4.17. The highest BCUT2D eigenvalue weighted by atomic mass is 32.2. The second kappa shape index (κ2) is 9.89. The molecule has 3 rings (SSSR count). The van der Waals surface area contributed by atoms with E-state index in [1.54, 1.807) is 7.11 Å². The van der Waals surface area contributed by atoms with E-state index in [9.17, 15) is 0 Å². The van der Waals surface area contributed by atoms with Gasteiger partial charge in [0.05, 0.1) is 7.11 Å². The van der Waals surface area contributed by atoms with Crippen molar-refractivity contribution in [3.05, 3.63) is 103 Å². The molecule has 0 bridgehead atoms. The summed E-state index contributed by atoms with van der Waals surface area (Å²) in [4.78, 5) is 1.28. The van der Waals surface area contributed by atoms with Gasteiger partial charge in [-0.2, -0.15) is 0 Å². The summed E-state index contributed by atoms with van der Waals surface area (Å²) in [6.07, 6.45) is 2.94. The third-order valence-corrected chi connectivity index (χ3v) is 5.68. The van der Waals surface area contributed by atoms with Gasteiger partial charge >= 0.3 is 0 Å². The molecule has 0 aliphatic heterocycles. The molecular formula is C24H25NOS. The minimum absolute atomic E-state index is 0.166. The smallest absolute Gasteiger partial charge is 0.119 e. The zero-order chi connectivity index (χ0) is 18.9. The van der Waals surface area contributed by atoms with Crippen LogP contribution in [0.4, 0.5) is 5.69 Å². The Bertz CT molecular complexity index is 818. The molecule has 3 aromatic carbocycles. The predicted molar refractivity (Wildman–Crippen MR) is 117 cm³/mol. The lowest BCUT2D eigenvalue weighted by molar-refractivity contribution is 0.415. The molecule has 1 N–H and O–H groups in total. The molecule has 27 heavy (non-hydrogen) atoms. The Morgan fingerprint density at radius 1 is 0.926 bits per heavy atom. The zero-order valence-corrected chi connectivity index (χ0v) is 16.4. The van der Waals surface area contributed by atoms with Crippen LogP contribution >= 0.6 is 11.8 Å². The first kappa shape index (κ1) is 19.1. The lowest BCUT2D eigenvalue weighted by Crippen LogP contribution is -2.19. The second-order valence-corrected chi connectivity index (χ2v) is 7.56. The van der Waals surface area contributed by atoms with Crippen molar-refractivity contribution in [2.45, 2.75) is 22.6 Å². The van der Waals surface area contributed by atoms with Crippen LogP contribution in [-0.4, -0.2) is 13.2 Å². The van der Waals surface area contributed by atoms with Gasteiger partial charge in [-0.15, -0.1) is 18.3 Å². The predicted octanol–water partition coefficient (Wildman–Crippen LogP) is 6.59. The fraction of sp³-hybridized carbons (Fsp3) is 0.167. The van der Waals surface area contributed by atoms with Gasteiger partial charge in [-0.1, -0.05) is 54.6 Å². The third kappa shape index (κ3) is 5.66. The Hall–Kier alpha value is -2.65. The molecular weight excluding hydrogens is 350 g/mol. The maximum absolute atomic E-state index is 5.24. The number of hydrogen-bond donors (Lipinski definition) is 1. The van der Waals surface area contributed by atoms with E-state index in [1.807, 2.05) is 42.1 Å². The topological polar surface area (TPSA) is 21.3 Å². The van der Waals surface area contributed by atoms with Gasteiger partial charge in [-0.25, -0.2) is 0 Å². The van der Waals surface area contributed by atoms with E-state index in [0.717, 1.165) is 17.9 Å². The highest BCUT2D eigenvalue weighted by molar-refractivity contribution is 7.99. The highest BCUT2D eigenvalue weighted by Gasteiger charge is 2.18. The minimum atomic E-state index is 0.166. The Labute approximate surface area is 166 Å². The van der Waals surface area contributed by atoms with E-state index in [-0.39, 0.29) is 6.04 Å². The molecule has 0 aromatic heterocycles. The van der Waals surface area contributed by atoms with Crippen LogP contribution in [0.5, 0.6) is 5.75 Å².